The molecule has 2 heterocycles. The Morgan fingerprint density at radius 1 is 0.943 bits per heavy atom. The van der Waals surface area contributed by atoms with Crippen LogP contribution in [0, 0.1) is 0 Å². The molecular formula is C30H41N3O2. The lowest BCUT2D eigenvalue weighted by atomic mass is 10.2. The Morgan fingerprint density at radius 2 is 1.57 bits per heavy atom. The van der Waals surface area contributed by atoms with E-state index in [-0.39, 0.29) is 17.9 Å². The largest absolute Gasteiger partial charge is 0.346 e. The Labute approximate surface area is 211 Å². The summed E-state index contributed by atoms with van der Waals surface area (Å²) < 4.78 is 0. The first-order valence-electron chi connectivity index (χ1n) is 12.9. The Kier molecular flexibility index (Phi) is 14.5. The molecule has 1 aromatic rings. The van der Waals surface area contributed by atoms with Crippen LogP contribution in [0.3, 0.4) is 0 Å². The van der Waals surface area contributed by atoms with Crippen molar-refractivity contribution < 1.29 is 9.59 Å². The molecule has 0 aliphatic carbocycles. The number of hydrogen-bond donors (Lipinski definition) is 1. The summed E-state index contributed by atoms with van der Waals surface area (Å²) in [4.78, 5) is 30.6. The standard InChI is InChI=1S/C30H41N3O2/c1-2-3-4-5-6-7-8-9-10-11-12-13-14-15-16-17-18-22-29(34)33-25-23-27(26-33)32-30(35)28-21-19-20-24-31-28/h3-4,6-7,9-10,12-13,15-16,19-21,24,27H,2,5,8,11,14,17-18,22-23,25-26H2,1H3,(H,32,35)/b4-3-,7-6-,10-9-,13-12-,16-15-/t27-/m0/s1. The average Bonchev–Trinajstić information content (AvgIpc) is 3.35. The molecule has 0 saturated carbocycles. The van der Waals surface area contributed by atoms with Gasteiger partial charge >= 0.3 is 0 Å². The van der Waals surface area contributed by atoms with Crippen molar-refractivity contribution in [2.24, 2.45) is 0 Å². The van der Waals surface area contributed by atoms with E-state index in [9.17, 15) is 9.59 Å². The predicted molar refractivity (Wildman–Crippen MR) is 145 cm³/mol. The van der Waals surface area contributed by atoms with E-state index in [1.165, 1.54) is 0 Å². The summed E-state index contributed by atoms with van der Waals surface area (Å²) in [5.41, 5.74) is 0.411. The molecule has 1 aliphatic heterocycles. The van der Waals surface area contributed by atoms with Crippen LogP contribution in [0.5, 0.6) is 0 Å². The molecule has 1 aliphatic rings. The smallest absolute Gasteiger partial charge is 0.270 e. The fraction of sp³-hybridized carbons (Fsp3) is 0.433. The fourth-order valence-corrected chi connectivity index (χ4v) is 3.76. The van der Waals surface area contributed by atoms with Crippen LogP contribution in [0.2, 0.25) is 0 Å². The van der Waals surface area contributed by atoms with Crippen LogP contribution in [0.4, 0.5) is 0 Å². The van der Waals surface area contributed by atoms with Gasteiger partial charge in [0, 0.05) is 31.7 Å². The number of hydrogen-bond acceptors (Lipinski definition) is 3. The molecule has 5 heteroatoms. The molecule has 1 saturated heterocycles. The average molecular weight is 476 g/mol. The van der Waals surface area contributed by atoms with Crippen LogP contribution in [0.15, 0.2) is 85.2 Å². The van der Waals surface area contributed by atoms with Gasteiger partial charge in [0.1, 0.15) is 5.69 Å². The first-order valence-corrected chi connectivity index (χ1v) is 12.9. The lowest BCUT2D eigenvalue weighted by Gasteiger charge is -2.17. The van der Waals surface area contributed by atoms with Crippen molar-refractivity contribution in [3.63, 3.8) is 0 Å². The zero-order chi connectivity index (χ0) is 25.0. The van der Waals surface area contributed by atoms with Crippen LogP contribution < -0.4 is 5.32 Å². The Morgan fingerprint density at radius 3 is 2.17 bits per heavy atom. The number of likely N-dealkylation sites (tertiary alicyclic amines) is 1. The topological polar surface area (TPSA) is 62.3 Å². The Balaban J connectivity index is 1.48. The van der Waals surface area contributed by atoms with Gasteiger partial charge in [-0.15, -0.1) is 0 Å². The number of amides is 2. The number of carbonyl (C=O) groups is 2. The van der Waals surface area contributed by atoms with Gasteiger partial charge in [0.15, 0.2) is 0 Å². The number of aromatic nitrogens is 1. The Bertz CT molecular complexity index is 884. The molecule has 2 amide bonds. The van der Waals surface area contributed by atoms with Crippen molar-refractivity contribution in [2.75, 3.05) is 13.1 Å². The minimum absolute atomic E-state index is 0.000533. The number of rotatable bonds is 15. The van der Waals surface area contributed by atoms with Gasteiger partial charge in [0.2, 0.25) is 5.91 Å². The molecule has 0 bridgehead atoms. The highest BCUT2D eigenvalue weighted by Crippen LogP contribution is 2.13. The molecule has 0 unspecified atom stereocenters. The van der Waals surface area contributed by atoms with Crippen LogP contribution in [-0.2, 0) is 4.79 Å². The van der Waals surface area contributed by atoms with E-state index in [4.69, 9.17) is 0 Å². The van der Waals surface area contributed by atoms with Gasteiger partial charge in [-0.25, -0.2) is 0 Å². The number of pyridine rings is 1. The number of carbonyl (C=O) groups excluding carboxylic acids is 2. The van der Waals surface area contributed by atoms with Gasteiger partial charge in [-0.05, 0) is 63.5 Å². The molecule has 0 radical (unpaired) electrons. The van der Waals surface area contributed by atoms with Crippen LogP contribution in [0.1, 0.15) is 75.2 Å². The minimum atomic E-state index is -0.178. The SMILES string of the molecule is CC/C=C\C/C=C\C/C=C\C/C=C\C/C=C\CCCC(=O)N1CC[C@H](NC(=O)c2ccccn2)C1. The molecule has 0 aromatic carbocycles. The first-order chi connectivity index (χ1) is 17.2. The highest BCUT2D eigenvalue weighted by molar-refractivity contribution is 5.92. The number of nitrogens with one attached hydrogen (secondary N) is 1. The van der Waals surface area contributed by atoms with Crippen molar-refractivity contribution >= 4 is 11.8 Å². The molecule has 1 fully saturated rings. The van der Waals surface area contributed by atoms with E-state index < -0.39 is 0 Å². The monoisotopic (exact) mass is 475 g/mol. The number of unbranched alkanes of at least 4 members (excludes halogenated alkanes) is 1. The predicted octanol–water partition coefficient (Wildman–Crippen LogP) is 6.33. The zero-order valence-electron chi connectivity index (χ0n) is 21.1. The molecule has 35 heavy (non-hydrogen) atoms. The van der Waals surface area contributed by atoms with Gasteiger partial charge in [-0.3, -0.25) is 14.6 Å². The van der Waals surface area contributed by atoms with E-state index in [0.717, 1.165) is 51.4 Å². The number of allylic oxidation sites excluding steroid dienone is 10. The third-order valence-electron chi connectivity index (χ3n) is 5.69. The zero-order valence-corrected chi connectivity index (χ0v) is 21.1. The third kappa shape index (κ3) is 12.7. The summed E-state index contributed by atoms with van der Waals surface area (Å²) in [6.07, 6.45) is 31.6. The molecule has 188 valence electrons. The van der Waals surface area contributed by atoms with Crippen LogP contribution >= 0.6 is 0 Å². The molecular weight excluding hydrogens is 434 g/mol. The maximum absolute atomic E-state index is 12.5. The van der Waals surface area contributed by atoms with Crippen molar-refractivity contribution in [1.82, 2.24) is 15.2 Å². The Hall–Kier alpha value is -3.21. The summed E-state index contributed by atoms with van der Waals surface area (Å²) in [5, 5.41) is 2.98. The normalized spacial score (nSPS) is 16.6. The summed E-state index contributed by atoms with van der Waals surface area (Å²) >= 11 is 0. The van der Waals surface area contributed by atoms with Gasteiger partial charge in [-0.1, -0.05) is 73.8 Å². The van der Waals surface area contributed by atoms with Crippen LogP contribution in [-0.4, -0.2) is 40.8 Å². The first kappa shape index (κ1) is 28.0. The quantitative estimate of drug-likeness (QED) is 0.238. The van der Waals surface area contributed by atoms with E-state index in [2.05, 4.69) is 78.0 Å². The number of nitrogens with zero attached hydrogens (tertiary/aromatic N) is 2. The summed E-state index contributed by atoms with van der Waals surface area (Å²) in [7, 11) is 0. The molecule has 2 rings (SSSR count). The lowest BCUT2D eigenvalue weighted by Crippen LogP contribution is -2.38. The van der Waals surface area contributed by atoms with E-state index in [1.54, 1.807) is 24.4 Å². The van der Waals surface area contributed by atoms with Gasteiger partial charge in [-0.2, -0.15) is 0 Å². The van der Waals surface area contributed by atoms with E-state index >= 15 is 0 Å². The summed E-state index contributed by atoms with van der Waals surface area (Å²) in [6, 6.07) is 5.27. The maximum Gasteiger partial charge on any atom is 0.270 e. The highest BCUT2D eigenvalue weighted by atomic mass is 16.2. The second kappa shape index (κ2) is 18.2. The van der Waals surface area contributed by atoms with Crippen molar-refractivity contribution in [3.05, 3.63) is 90.9 Å². The third-order valence-corrected chi connectivity index (χ3v) is 5.69. The summed E-state index contributed by atoms with van der Waals surface area (Å²) in [6.45, 7) is 3.43. The second-order valence-electron chi connectivity index (χ2n) is 8.61. The van der Waals surface area contributed by atoms with Gasteiger partial charge < -0.3 is 10.2 Å². The van der Waals surface area contributed by atoms with Crippen molar-refractivity contribution in [1.29, 1.82) is 0 Å². The molecule has 1 aromatic heterocycles. The maximum atomic E-state index is 12.5. The second-order valence-corrected chi connectivity index (χ2v) is 8.61. The summed E-state index contributed by atoms with van der Waals surface area (Å²) in [5.74, 6) is -0.00442. The van der Waals surface area contributed by atoms with Gasteiger partial charge in [0.05, 0.1) is 0 Å². The lowest BCUT2D eigenvalue weighted by molar-refractivity contribution is -0.130. The molecule has 1 atom stereocenters. The fourth-order valence-electron chi connectivity index (χ4n) is 3.76. The van der Waals surface area contributed by atoms with Crippen molar-refractivity contribution in [3.8, 4) is 0 Å². The molecule has 1 N–H and O–H groups in total. The van der Waals surface area contributed by atoms with Gasteiger partial charge in [0.25, 0.3) is 5.91 Å². The minimum Gasteiger partial charge on any atom is -0.346 e. The highest BCUT2D eigenvalue weighted by Gasteiger charge is 2.27. The molecule has 0 spiro atoms. The van der Waals surface area contributed by atoms with E-state index in [1.807, 2.05) is 4.90 Å². The molecule has 5 nitrogen and oxygen atoms in total. The van der Waals surface area contributed by atoms with E-state index in [0.29, 0.717) is 25.2 Å². The van der Waals surface area contributed by atoms with Crippen LogP contribution in [0.25, 0.3) is 0 Å². The van der Waals surface area contributed by atoms with Crippen molar-refractivity contribution in [2.45, 2.75) is 70.8 Å².